The predicted octanol–water partition coefficient (Wildman–Crippen LogP) is -0.592. The number of aliphatic carboxylic acids is 1. The highest BCUT2D eigenvalue weighted by molar-refractivity contribution is 6.40. The quantitative estimate of drug-likeness (QED) is 0.209. The lowest BCUT2D eigenvalue weighted by Gasteiger charge is -2.28. The minimum Gasteiger partial charge on any atom is -0.480 e. The fourth-order valence-corrected chi connectivity index (χ4v) is 2.16. The van der Waals surface area contributed by atoms with Gasteiger partial charge in [-0.1, -0.05) is 26.7 Å². The van der Waals surface area contributed by atoms with Gasteiger partial charge in [-0.05, 0) is 25.1 Å². The molecule has 0 amide bonds. The summed E-state index contributed by atoms with van der Waals surface area (Å²) < 4.78 is 0. The number of aliphatic hydroxyl groups excluding tert-OH is 1. The first-order valence-corrected chi connectivity index (χ1v) is 7.44. The van der Waals surface area contributed by atoms with Crippen molar-refractivity contribution in [3.05, 3.63) is 0 Å². The van der Waals surface area contributed by atoms with Crippen LogP contribution in [0.1, 0.15) is 39.5 Å². The number of carboxylic acid groups (broad SMARTS) is 1. The van der Waals surface area contributed by atoms with Crippen LogP contribution < -0.4 is 11.1 Å². The largest absolute Gasteiger partial charge is 0.480 e. The monoisotopic (exact) mass is 304 g/mol. The van der Waals surface area contributed by atoms with Crippen molar-refractivity contribution in [3.63, 3.8) is 0 Å². The molecule has 0 bridgehead atoms. The SMILES string of the molecule is CC(C)CC(CO)NCC(N)(CCCCB(O)O)C(=O)O. The molecule has 0 aromatic heterocycles. The molecular weight excluding hydrogens is 275 g/mol. The normalized spacial score (nSPS) is 15.8. The molecule has 8 heteroatoms. The van der Waals surface area contributed by atoms with Crippen LogP contribution in [0.3, 0.4) is 0 Å². The van der Waals surface area contributed by atoms with Crippen LogP contribution >= 0.6 is 0 Å². The summed E-state index contributed by atoms with van der Waals surface area (Å²) in [5.41, 5.74) is 4.51. The van der Waals surface area contributed by atoms with Crippen LogP contribution in [0, 0.1) is 5.92 Å². The van der Waals surface area contributed by atoms with E-state index in [1.807, 2.05) is 13.8 Å². The minimum absolute atomic E-state index is 0.0649. The van der Waals surface area contributed by atoms with E-state index in [4.69, 9.17) is 15.8 Å². The Morgan fingerprint density at radius 2 is 1.95 bits per heavy atom. The molecule has 0 aliphatic heterocycles. The highest BCUT2D eigenvalue weighted by Gasteiger charge is 2.33. The van der Waals surface area contributed by atoms with E-state index >= 15 is 0 Å². The number of carboxylic acids is 1. The third-order valence-electron chi connectivity index (χ3n) is 3.44. The first-order chi connectivity index (χ1) is 9.71. The average molecular weight is 304 g/mol. The topological polar surface area (TPSA) is 136 Å². The van der Waals surface area contributed by atoms with Gasteiger partial charge in [-0.2, -0.15) is 0 Å². The van der Waals surface area contributed by atoms with Crippen molar-refractivity contribution in [1.29, 1.82) is 0 Å². The predicted molar refractivity (Wildman–Crippen MR) is 81.7 cm³/mol. The van der Waals surface area contributed by atoms with E-state index in [-0.39, 0.29) is 31.9 Å². The van der Waals surface area contributed by atoms with Crippen LogP contribution in [0.5, 0.6) is 0 Å². The van der Waals surface area contributed by atoms with Crippen LogP contribution in [0.4, 0.5) is 0 Å². The first kappa shape index (κ1) is 20.3. The molecule has 0 fully saturated rings. The molecule has 0 aromatic rings. The summed E-state index contributed by atoms with van der Waals surface area (Å²) in [4.78, 5) is 11.3. The molecule has 7 nitrogen and oxygen atoms in total. The zero-order valence-corrected chi connectivity index (χ0v) is 13.0. The molecule has 124 valence electrons. The molecule has 0 heterocycles. The Kier molecular flexibility index (Phi) is 9.81. The lowest BCUT2D eigenvalue weighted by Crippen LogP contribution is -2.57. The van der Waals surface area contributed by atoms with Crippen molar-refractivity contribution in [2.75, 3.05) is 13.2 Å². The maximum atomic E-state index is 11.3. The van der Waals surface area contributed by atoms with Crippen LogP contribution in [0.2, 0.25) is 6.32 Å². The van der Waals surface area contributed by atoms with Gasteiger partial charge in [0, 0.05) is 12.6 Å². The number of aliphatic hydroxyl groups is 1. The maximum Gasteiger partial charge on any atom is 0.451 e. The van der Waals surface area contributed by atoms with E-state index in [9.17, 15) is 15.0 Å². The van der Waals surface area contributed by atoms with E-state index < -0.39 is 18.6 Å². The van der Waals surface area contributed by atoms with Gasteiger partial charge in [0.15, 0.2) is 0 Å². The molecule has 0 aliphatic rings. The van der Waals surface area contributed by atoms with Crippen molar-refractivity contribution in [2.24, 2.45) is 11.7 Å². The van der Waals surface area contributed by atoms with E-state index in [2.05, 4.69) is 5.32 Å². The molecule has 2 atom stereocenters. The second-order valence-electron chi connectivity index (χ2n) is 6.08. The summed E-state index contributed by atoms with van der Waals surface area (Å²) in [7, 11) is -1.37. The Morgan fingerprint density at radius 3 is 2.38 bits per heavy atom. The van der Waals surface area contributed by atoms with Crippen LogP contribution in [-0.4, -0.2) is 58.1 Å². The highest BCUT2D eigenvalue weighted by atomic mass is 16.4. The van der Waals surface area contributed by atoms with Crippen molar-refractivity contribution < 1.29 is 25.1 Å². The summed E-state index contributed by atoms with van der Waals surface area (Å²) in [6.45, 7) is 4.06. The zero-order valence-electron chi connectivity index (χ0n) is 13.0. The van der Waals surface area contributed by atoms with Crippen LogP contribution in [-0.2, 0) is 4.79 Å². The number of hydrogen-bond donors (Lipinski definition) is 6. The third kappa shape index (κ3) is 9.05. The van der Waals surface area contributed by atoms with Gasteiger partial charge in [0.25, 0.3) is 0 Å². The van der Waals surface area contributed by atoms with Gasteiger partial charge in [-0.3, -0.25) is 4.79 Å². The number of nitrogens with one attached hydrogen (secondary N) is 1. The minimum atomic E-state index is -1.41. The van der Waals surface area contributed by atoms with E-state index in [0.29, 0.717) is 18.8 Å². The molecule has 0 aromatic carbocycles. The van der Waals surface area contributed by atoms with Gasteiger partial charge < -0.3 is 31.3 Å². The summed E-state index contributed by atoms with van der Waals surface area (Å²) in [6.07, 6.45) is 2.18. The smallest absolute Gasteiger partial charge is 0.451 e. The van der Waals surface area contributed by atoms with Gasteiger partial charge in [-0.15, -0.1) is 0 Å². The molecular formula is C13H29BN2O5. The first-order valence-electron chi connectivity index (χ1n) is 7.44. The molecule has 0 aliphatic carbocycles. The van der Waals surface area contributed by atoms with Gasteiger partial charge in [-0.25, -0.2) is 0 Å². The van der Waals surface area contributed by atoms with Gasteiger partial charge in [0.05, 0.1) is 6.61 Å². The molecule has 2 unspecified atom stereocenters. The number of unbranched alkanes of at least 4 members (excludes halogenated alkanes) is 1. The highest BCUT2D eigenvalue weighted by Crippen LogP contribution is 2.14. The Morgan fingerprint density at radius 1 is 1.33 bits per heavy atom. The molecule has 0 saturated heterocycles. The summed E-state index contributed by atoms with van der Waals surface area (Å²) in [5, 5.41) is 39.1. The molecule has 7 N–H and O–H groups in total. The second kappa shape index (κ2) is 10.1. The fraction of sp³-hybridized carbons (Fsp3) is 0.923. The fourth-order valence-electron chi connectivity index (χ4n) is 2.16. The number of hydrogen-bond acceptors (Lipinski definition) is 6. The second-order valence-corrected chi connectivity index (χ2v) is 6.08. The number of nitrogens with two attached hydrogens (primary N) is 1. The van der Waals surface area contributed by atoms with E-state index in [1.165, 1.54) is 0 Å². The Labute approximate surface area is 126 Å². The Balaban J connectivity index is 4.34. The van der Waals surface area contributed by atoms with Crippen LogP contribution in [0.25, 0.3) is 0 Å². The zero-order chi connectivity index (χ0) is 16.5. The third-order valence-corrected chi connectivity index (χ3v) is 3.44. The Bertz CT molecular complexity index is 304. The molecule has 0 rings (SSSR count). The van der Waals surface area contributed by atoms with Crippen molar-refractivity contribution in [3.8, 4) is 0 Å². The van der Waals surface area contributed by atoms with Gasteiger partial charge in [0.1, 0.15) is 5.54 Å². The molecule has 0 saturated carbocycles. The van der Waals surface area contributed by atoms with E-state index in [1.54, 1.807) is 0 Å². The van der Waals surface area contributed by atoms with Gasteiger partial charge >= 0.3 is 13.1 Å². The Hall–Kier alpha value is -0.665. The van der Waals surface area contributed by atoms with Crippen molar-refractivity contribution >= 4 is 13.1 Å². The molecule has 0 radical (unpaired) electrons. The van der Waals surface area contributed by atoms with Crippen LogP contribution in [0.15, 0.2) is 0 Å². The number of rotatable bonds is 12. The van der Waals surface area contributed by atoms with Gasteiger partial charge in [0.2, 0.25) is 0 Å². The lowest BCUT2D eigenvalue weighted by atomic mass is 9.82. The number of carbonyl (C=O) groups is 1. The summed E-state index contributed by atoms with van der Waals surface area (Å²) >= 11 is 0. The summed E-state index contributed by atoms with van der Waals surface area (Å²) in [6, 6.07) is -0.175. The molecule has 21 heavy (non-hydrogen) atoms. The standard InChI is InChI=1S/C13H29BN2O5/c1-10(2)7-11(8-17)16-9-13(15,12(18)19)5-3-4-6-14(20)21/h10-11,16-17,20-21H,3-9,15H2,1-2H3,(H,18,19). The van der Waals surface area contributed by atoms with Crippen molar-refractivity contribution in [1.82, 2.24) is 5.32 Å². The molecule has 0 spiro atoms. The summed E-state index contributed by atoms with van der Waals surface area (Å²) in [5.74, 6) is -0.710. The lowest BCUT2D eigenvalue weighted by molar-refractivity contribution is -0.143. The van der Waals surface area contributed by atoms with Crippen molar-refractivity contribution in [2.45, 2.75) is 57.4 Å². The van der Waals surface area contributed by atoms with E-state index in [0.717, 1.165) is 6.42 Å². The maximum absolute atomic E-state index is 11.3. The average Bonchev–Trinajstić information content (AvgIpc) is 2.38.